The fourth-order valence-corrected chi connectivity index (χ4v) is 2.14. The third-order valence-corrected chi connectivity index (χ3v) is 3.38. The Labute approximate surface area is 131 Å². The zero-order chi connectivity index (χ0) is 16.8. The zero-order valence-electron chi connectivity index (χ0n) is 12.2. The van der Waals surface area contributed by atoms with Crippen molar-refractivity contribution in [3.8, 4) is 0 Å². The van der Waals surface area contributed by atoms with E-state index in [9.17, 15) is 23.1 Å². The molecule has 0 aliphatic heterocycles. The molecule has 0 aliphatic carbocycles. The van der Waals surface area contributed by atoms with E-state index in [2.05, 4.69) is 5.32 Å². The van der Waals surface area contributed by atoms with Crippen LogP contribution in [0.1, 0.15) is 23.7 Å². The minimum atomic E-state index is -1.47. The van der Waals surface area contributed by atoms with Gasteiger partial charge in [0, 0.05) is 13.0 Å². The molecular weight excluding hydrogens is 307 g/mol. The number of hydrogen-bond donors (Lipinski definition) is 2. The predicted molar refractivity (Wildman–Crippen MR) is 79.0 cm³/mol. The monoisotopic (exact) mass is 323 g/mol. The fraction of sp³-hybridized carbons (Fsp3) is 0.235. The van der Waals surface area contributed by atoms with Crippen LogP contribution in [-0.4, -0.2) is 17.6 Å². The van der Waals surface area contributed by atoms with Crippen molar-refractivity contribution in [3.63, 3.8) is 0 Å². The Morgan fingerprint density at radius 2 is 1.65 bits per heavy atom. The van der Waals surface area contributed by atoms with Gasteiger partial charge in [-0.3, -0.25) is 4.79 Å². The molecule has 0 bridgehead atoms. The number of benzene rings is 2. The highest BCUT2D eigenvalue weighted by Gasteiger charge is 2.18. The molecule has 0 aliphatic rings. The van der Waals surface area contributed by atoms with Crippen molar-refractivity contribution in [1.82, 2.24) is 5.32 Å². The lowest BCUT2D eigenvalue weighted by Crippen LogP contribution is -2.29. The van der Waals surface area contributed by atoms with E-state index in [1.807, 2.05) is 0 Å². The van der Waals surface area contributed by atoms with Gasteiger partial charge in [-0.2, -0.15) is 0 Å². The van der Waals surface area contributed by atoms with E-state index in [4.69, 9.17) is 0 Å². The number of hydrogen-bond acceptors (Lipinski definition) is 2. The maximum atomic E-state index is 13.5. The van der Waals surface area contributed by atoms with Crippen molar-refractivity contribution in [2.24, 2.45) is 0 Å². The second-order valence-corrected chi connectivity index (χ2v) is 5.08. The minimum absolute atomic E-state index is 0.123. The van der Waals surface area contributed by atoms with Crippen LogP contribution in [0, 0.1) is 17.5 Å². The topological polar surface area (TPSA) is 49.3 Å². The third kappa shape index (κ3) is 4.82. The lowest BCUT2D eigenvalue weighted by molar-refractivity contribution is -0.121. The van der Waals surface area contributed by atoms with Crippen molar-refractivity contribution >= 4 is 5.91 Å². The smallest absolute Gasteiger partial charge is 0.220 e. The first-order chi connectivity index (χ1) is 11.0. The Morgan fingerprint density at radius 3 is 2.26 bits per heavy atom. The lowest BCUT2D eigenvalue weighted by Gasteiger charge is -2.14. The van der Waals surface area contributed by atoms with Gasteiger partial charge in [0.05, 0.1) is 5.56 Å². The summed E-state index contributed by atoms with van der Waals surface area (Å²) in [6, 6.07) is 9.03. The quantitative estimate of drug-likeness (QED) is 0.859. The molecule has 0 spiro atoms. The van der Waals surface area contributed by atoms with Crippen LogP contribution in [0.5, 0.6) is 0 Å². The standard InChI is InChI=1S/C17H16F3NO2/c18-12-7-4-11(5-8-12)6-9-16(23)21-10-15(22)17-13(19)2-1-3-14(17)20/h1-5,7-8,15,22H,6,9-10H2,(H,21,23). The van der Waals surface area contributed by atoms with Crippen LogP contribution in [0.4, 0.5) is 13.2 Å². The fourth-order valence-electron chi connectivity index (χ4n) is 2.14. The van der Waals surface area contributed by atoms with E-state index >= 15 is 0 Å². The average Bonchev–Trinajstić information content (AvgIpc) is 2.52. The average molecular weight is 323 g/mol. The minimum Gasteiger partial charge on any atom is -0.386 e. The van der Waals surface area contributed by atoms with Gasteiger partial charge in [-0.05, 0) is 36.2 Å². The second-order valence-electron chi connectivity index (χ2n) is 5.08. The van der Waals surface area contributed by atoms with Gasteiger partial charge in [0.25, 0.3) is 0 Å². The van der Waals surface area contributed by atoms with Gasteiger partial charge in [-0.15, -0.1) is 0 Å². The first kappa shape index (κ1) is 17.0. The number of nitrogens with one attached hydrogen (secondary N) is 1. The second kappa shape index (κ2) is 7.78. The van der Waals surface area contributed by atoms with Crippen LogP contribution in [0.2, 0.25) is 0 Å². The molecule has 3 nitrogen and oxygen atoms in total. The molecular formula is C17H16F3NO2. The molecule has 0 radical (unpaired) electrons. The van der Waals surface area contributed by atoms with E-state index in [0.717, 1.165) is 17.7 Å². The molecule has 0 saturated heterocycles. The summed E-state index contributed by atoms with van der Waals surface area (Å²) >= 11 is 0. The van der Waals surface area contributed by atoms with Crippen LogP contribution >= 0.6 is 0 Å². The highest BCUT2D eigenvalue weighted by molar-refractivity contribution is 5.76. The molecule has 1 atom stereocenters. The molecule has 0 aromatic heterocycles. The number of aliphatic hydroxyl groups is 1. The van der Waals surface area contributed by atoms with Crippen molar-refractivity contribution in [2.75, 3.05) is 6.54 Å². The normalized spacial score (nSPS) is 12.0. The van der Waals surface area contributed by atoms with Crippen LogP contribution in [0.25, 0.3) is 0 Å². The van der Waals surface area contributed by atoms with Gasteiger partial charge >= 0.3 is 0 Å². The van der Waals surface area contributed by atoms with Gasteiger partial charge in [-0.25, -0.2) is 13.2 Å². The van der Waals surface area contributed by atoms with Gasteiger partial charge in [0.2, 0.25) is 5.91 Å². The highest BCUT2D eigenvalue weighted by atomic mass is 19.1. The third-order valence-electron chi connectivity index (χ3n) is 3.38. The van der Waals surface area contributed by atoms with Gasteiger partial charge in [0.15, 0.2) is 0 Å². The predicted octanol–water partition coefficient (Wildman–Crippen LogP) is 2.89. The summed E-state index contributed by atoms with van der Waals surface area (Å²) in [4.78, 5) is 11.7. The van der Waals surface area contributed by atoms with Crippen LogP contribution in [0.3, 0.4) is 0 Å². The number of carbonyl (C=O) groups excluding carboxylic acids is 1. The Balaban J connectivity index is 1.83. The molecule has 0 saturated carbocycles. The number of amides is 1. The Kier molecular flexibility index (Phi) is 5.76. The summed E-state index contributed by atoms with van der Waals surface area (Å²) in [5, 5.41) is 12.2. The number of aliphatic hydroxyl groups excluding tert-OH is 1. The molecule has 23 heavy (non-hydrogen) atoms. The SMILES string of the molecule is O=C(CCc1ccc(F)cc1)NCC(O)c1c(F)cccc1F. The van der Waals surface area contributed by atoms with Crippen LogP contribution in [0.15, 0.2) is 42.5 Å². The lowest BCUT2D eigenvalue weighted by atomic mass is 10.1. The summed E-state index contributed by atoms with van der Waals surface area (Å²) in [5.41, 5.74) is 0.327. The Morgan fingerprint density at radius 1 is 1.04 bits per heavy atom. The van der Waals surface area contributed by atoms with E-state index in [1.165, 1.54) is 18.2 Å². The Hall–Kier alpha value is -2.34. The molecule has 0 fully saturated rings. The summed E-state index contributed by atoms with van der Waals surface area (Å²) in [6.45, 7) is -0.292. The van der Waals surface area contributed by atoms with Gasteiger partial charge < -0.3 is 10.4 Å². The van der Waals surface area contributed by atoms with E-state index < -0.39 is 23.3 Å². The van der Waals surface area contributed by atoms with Crippen LogP contribution in [-0.2, 0) is 11.2 Å². The molecule has 1 unspecified atom stereocenters. The summed E-state index contributed by atoms with van der Waals surface area (Å²) in [5.74, 6) is -2.45. The zero-order valence-corrected chi connectivity index (χ0v) is 12.2. The summed E-state index contributed by atoms with van der Waals surface area (Å²) in [7, 11) is 0. The maximum Gasteiger partial charge on any atom is 0.220 e. The van der Waals surface area contributed by atoms with Gasteiger partial charge in [-0.1, -0.05) is 18.2 Å². The molecule has 0 heterocycles. The number of aryl methyl sites for hydroxylation is 1. The number of carbonyl (C=O) groups is 1. The van der Waals surface area contributed by atoms with E-state index in [0.29, 0.717) is 6.42 Å². The van der Waals surface area contributed by atoms with Crippen molar-refractivity contribution < 1.29 is 23.1 Å². The van der Waals surface area contributed by atoms with E-state index in [1.54, 1.807) is 12.1 Å². The maximum absolute atomic E-state index is 13.5. The van der Waals surface area contributed by atoms with Crippen molar-refractivity contribution in [2.45, 2.75) is 18.9 Å². The summed E-state index contributed by atoms with van der Waals surface area (Å²) < 4.78 is 39.7. The van der Waals surface area contributed by atoms with Crippen LogP contribution < -0.4 is 5.32 Å². The number of rotatable bonds is 6. The molecule has 6 heteroatoms. The molecule has 1 amide bonds. The summed E-state index contributed by atoms with van der Waals surface area (Å²) in [6.07, 6.45) is -0.944. The first-order valence-electron chi connectivity index (χ1n) is 7.10. The Bertz CT molecular complexity index is 654. The van der Waals surface area contributed by atoms with Gasteiger partial charge in [0.1, 0.15) is 23.6 Å². The number of halogens is 3. The van der Waals surface area contributed by atoms with Crippen molar-refractivity contribution in [3.05, 3.63) is 71.0 Å². The molecule has 2 N–H and O–H groups in total. The molecule has 122 valence electrons. The molecule has 2 rings (SSSR count). The molecule has 2 aromatic carbocycles. The molecule has 2 aromatic rings. The van der Waals surface area contributed by atoms with E-state index in [-0.39, 0.29) is 24.7 Å². The highest BCUT2D eigenvalue weighted by Crippen LogP contribution is 2.19. The largest absolute Gasteiger partial charge is 0.386 e. The van der Waals surface area contributed by atoms with Crippen molar-refractivity contribution in [1.29, 1.82) is 0 Å². The first-order valence-corrected chi connectivity index (χ1v) is 7.10.